The molecular formula is C18H20BrNO5S. The van der Waals surface area contributed by atoms with Crippen LogP contribution in [0.15, 0.2) is 45.8 Å². The van der Waals surface area contributed by atoms with Gasteiger partial charge in [0.1, 0.15) is 5.75 Å². The van der Waals surface area contributed by atoms with Gasteiger partial charge >= 0.3 is 5.97 Å². The van der Waals surface area contributed by atoms with Crippen molar-refractivity contribution in [3.63, 3.8) is 0 Å². The minimum atomic E-state index is -3.77. The summed E-state index contributed by atoms with van der Waals surface area (Å²) >= 11 is 3.30. The minimum Gasteiger partial charge on any atom is -0.496 e. The summed E-state index contributed by atoms with van der Waals surface area (Å²) < 4.78 is 37.7. The number of carbonyl (C=O) groups excluding carboxylic acids is 1. The average Bonchev–Trinajstić information content (AvgIpc) is 2.61. The molecule has 0 unspecified atom stereocenters. The molecule has 0 aliphatic rings. The highest BCUT2D eigenvalue weighted by molar-refractivity contribution is 9.10. The quantitative estimate of drug-likeness (QED) is 0.637. The van der Waals surface area contributed by atoms with E-state index in [4.69, 9.17) is 9.47 Å². The van der Waals surface area contributed by atoms with E-state index in [1.54, 1.807) is 38.1 Å². The first-order valence-corrected chi connectivity index (χ1v) is 10.1. The molecule has 0 saturated heterocycles. The SMILES string of the molecule is CCOC(=O)c1ccc(N(C)S(=O)(=O)c2ccc(OC)c(Br)c2)c(C)c1. The average molecular weight is 442 g/mol. The van der Waals surface area contributed by atoms with E-state index >= 15 is 0 Å². The monoisotopic (exact) mass is 441 g/mol. The van der Waals surface area contributed by atoms with Gasteiger partial charge in [-0.3, -0.25) is 4.31 Å². The molecule has 8 heteroatoms. The molecule has 26 heavy (non-hydrogen) atoms. The van der Waals surface area contributed by atoms with E-state index in [9.17, 15) is 13.2 Å². The number of esters is 1. The lowest BCUT2D eigenvalue weighted by molar-refractivity contribution is 0.0526. The first-order chi connectivity index (χ1) is 12.2. The molecule has 0 fully saturated rings. The molecule has 2 aromatic carbocycles. The molecule has 2 aromatic rings. The van der Waals surface area contributed by atoms with Crippen LogP contribution in [0.2, 0.25) is 0 Å². The van der Waals surface area contributed by atoms with Crippen molar-refractivity contribution in [3.8, 4) is 5.75 Å². The summed E-state index contributed by atoms with van der Waals surface area (Å²) in [6.45, 7) is 3.75. The van der Waals surface area contributed by atoms with Gasteiger partial charge < -0.3 is 9.47 Å². The molecular weight excluding hydrogens is 422 g/mol. The Morgan fingerprint density at radius 1 is 1.19 bits per heavy atom. The first kappa shape index (κ1) is 20.3. The number of aryl methyl sites for hydroxylation is 1. The van der Waals surface area contributed by atoms with Crippen molar-refractivity contribution in [2.45, 2.75) is 18.7 Å². The molecule has 2 rings (SSSR count). The highest BCUT2D eigenvalue weighted by atomic mass is 79.9. The van der Waals surface area contributed by atoms with Gasteiger partial charge in [-0.2, -0.15) is 0 Å². The van der Waals surface area contributed by atoms with Crippen LogP contribution in [0.3, 0.4) is 0 Å². The molecule has 0 radical (unpaired) electrons. The van der Waals surface area contributed by atoms with Crippen molar-refractivity contribution in [2.75, 3.05) is 25.1 Å². The molecule has 0 N–H and O–H groups in total. The highest BCUT2D eigenvalue weighted by Crippen LogP contribution is 2.31. The number of hydrogen-bond acceptors (Lipinski definition) is 5. The summed E-state index contributed by atoms with van der Waals surface area (Å²) in [7, 11) is -0.793. The zero-order chi connectivity index (χ0) is 19.5. The van der Waals surface area contributed by atoms with Gasteiger partial charge in [0.15, 0.2) is 0 Å². The number of methoxy groups -OCH3 is 1. The molecule has 0 aliphatic carbocycles. The summed E-state index contributed by atoms with van der Waals surface area (Å²) in [6.07, 6.45) is 0. The fraction of sp³-hybridized carbons (Fsp3) is 0.278. The smallest absolute Gasteiger partial charge is 0.338 e. The number of ether oxygens (including phenoxy) is 2. The van der Waals surface area contributed by atoms with Crippen LogP contribution in [0.25, 0.3) is 0 Å². The standard InChI is InChI=1S/C18H20BrNO5S/c1-5-25-18(21)13-6-8-16(12(2)10-13)20(3)26(22,23)14-7-9-17(24-4)15(19)11-14/h6-11H,5H2,1-4H3. The minimum absolute atomic E-state index is 0.126. The maximum absolute atomic E-state index is 12.9. The van der Waals surface area contributed by atoms with Gasteiger partial charge in [0.25, 0.3) is 10.0 Å². The van der Waals surface area contributed by atoms with E-state index in [2.05, 4.69) is 15.9 Å². The van der Waals surface area contributed by atoms with E-state index in [-0.39, 0.29) is 11.5 Å². The summed E-state index contributed by atoms with van der Waals surface area (Å²) in [5, 5.41) is 0. The van der Waals surface area contributed by atoms with Crippen LogP contribution in [0.4, 0.5) is 5.69 Å². The molecule has 6 nitrogen and oxygen atoms in total. The lowest BCUT2D eigenvalue weighted by Crippen LogP contribution is -2.27. The van der Waals surface area contributed by atoms with Crippen LogP contribution in [0, 0.1) is 6.92 Å². The van der Waals surface area contributed by atoms with Crippen molar-refractivity contribution in [1.82, 2.24) is 0 Å². The Morgan fingerprint density at radius 2 is 1.88 bits per heavy atom. The third-order valence-corrected chi connectivity index (χ3v) is 6.22. The Labute approximate surface area is 161 Å². The second-order valence-electron chi connectivity index (χ2n) is 5.49. The number of benzene rings is 2. The summed E-state index contributed by atoms with van der Waals surface area (Å²) in [5.41, 5.74) is 1.50. The Hall–Kier alpha value is -2.06. The lowest BCUT2D eigenvalue weighted by atomic mass is 10.1. The topological polar surface area (TPSA) is 72.9 Å². The van der Waals surface area contributed by atoms with Crippen LogP contribution in [-0.4, -0.2) is 35.2 Å². The van der Waals surface area contributed by atoms with Crippen LogP contribution in [0.1, 0.15) is 22.8 Å². The zero-order valence-electron chi connectivity index (χ0n) is 14.9. The Bertz CT molecular complexity index is 927. The molecule has 0 aromatic heterocycles. The Balaban J connectivity index is 2.39. The van der Waals surface area contributed by atoms with E-state index < -0.39 is 16.0 Å². The number of halogens is 1. The van der Waals surface area contributed by atoms with E-state index in [0.29, 0.717) is 27.0 Å². The molecule has 0 aliphatic heterocycles. The molecule has 0 bridgehead atoms. The van der Waals surface area contributed by atoms with Gasteiger partial charge in [-0.05, 0) is 71.7 Å². The van der Waals surface area contributed by atoms with Gasteiger partial charge in [-0.1, -0.05) is 0 Å². The Kier molecular flexibility index (Phi) is 6.30. The van der Waals surface area contributed by atoms with Gasteiger partial charge in [0, 0.05) is 7.05 Å². The molecule has 0 saturated carbocycles. The maximum atomic E-state index is 12.9. The number of carbonyl (C=O) groups is 1. The van der Waals surface area contributed by atoms with Crippen molar-refractivity contribution < 1.29 is 22.7 Å². The van der Waals surface area contributed by atoms with Crippen molar-refractivity contribution >= 4 is 37.6 Å². The number of rotatable bonds is 6. The molecule has 0 spiro atoms. The highest BCUT2D eigenvalue weighted by Gasteiger charge is 2.24. The van der Waals surface area contributed by atoms with Gasteiger partial charge in [-0.25, -0.2) is 13.2 Å². The largest absolute Gasteiger partial charge is 0.496 e. The lowest BCUT2D eigenvalue weighted by Gasteiger charge is -2.22. The maximum Gasteiger partial charge on any atom is 0.338 e. The predicted molar refractivity (Wildman–Crippen MR) is 103 cm³/mol. The van der Waals surface area contributed by atoms with Crippen LogP contribution in [0.5, 0.6) is 5.75 Å². The second-order valence-corrected chi connectivity index (χ2v) is 8.31. The van der Waals surface area contributed by atoms with Gasteiger partial charge in [-0.15, -0.1) is 0 Å². The molecule has 0 atom stereocenters. The third kappa shape index (κ3) is 4.02. The second kappa shape index (κ2) is 8.09. The molecule has 0 heterocycles. The van der Waals surface area contributed by atoms with E-state index in [0.717, 1.165) is 0 Å². The number of hydrogen-bond donors (Lipinski definition) is 0. The normalized spacial score (nSPS) is 11.1. The predicted octanol–water partition coefficient (Wildman–Crippen LogP) is 3.77. The van der Waals surface area contributed by atoms with Gasteiger partial charge in [0.05, 0.1) is 34.3 Å². The van der Waals surface area contributed by atoms with E-state index in [1.165, 1.54) is 30.6 Å². The Morgan fingerprint density at radius 3 is 2.42 bits per heavy atom. The van der Waals surface area contributed by atoms with Crippen LogP contribution in [-0.2, 0) is 14.8 Å². The van der Waals surface area contributed by atoms with Crippen LogP contribution >= 0.6 is 15.9 Å². The summed E-state index contributed by atoms with van der Waals surface area (Å²) in [4.78, 5) is 11.9. The van der Waals surface area contributed by atoms with Crippen molar-refractivity contribution in [1.29, 1.82) is 0 Å². The summed E-state index contributed by atoms with van der Waals surface area (Å²) in [6, 6.07) is 9.32. The van der Waals surface area contributed by atoms with Crippen molar-refractivity contribution in [3.05, 3.63) is 52.0 Å². The third-order valence-electron chi connectivity index (χ3n) is 3.83. The zero-order valence-corrected chi connectivity index (χ0v) is 17.3. The fourth-order valence-electron chi connectivity index (χ4n) is 2.45. The fourth-order valence-corrected chi connectivity index (χ4v) is 4.42. The van der Waals surface area contributed by atoms with Crippen molar-refractivity contribution in [2.24, 2.45) is 0 Å². The first-order valence-electron chi connectivity index (χ1n) is 7.82. The molecule has 0 amide bonds. The van der Waals surface area contributed by atoms with Gasteiger partial charge in [0.2, 0.25) is 0 Å². The number of anilines is 1. The molecule has 140 valence electrons. The number of nitrogens with zero attached hydrogens (tertiary/aromatic N) is 1. The van der Waals surface area contributed by atoms with E-state index in [1.807, 2.05) is 0 Å². The summed E-state index contributed by atoms with van der Waals surface area (Å²) in [5.74, 6) is 0.105. The number of sulfonamides is 1. The van der Waals surface area contributed by atoms with Crippen LogP contribution < -0.4 is 9.04 Å².